The molecule has 0 bridgehead atoms. The highest BCUT2D eigenvalue weighted by molar-refractivity contribution is 5.23. The van der Waals surface area contributed by atoms with Crippen LogP contribution in [0.2, 0.25) is 0 Å². The summed E-state index contributed by atoms with van der Waals surface area (Å²) in [6.45, 7) is 4.22. The van der Waals surface area contributed by atoms with Crippen molar-refractivity contribution < 1.29 is 5.11 Å². The molecule has 0 spiro atoms. The lowest BCUT2D eigenvalue weighted by Crippen LogP contribution is -2.44. The van der Waals surface area contributed by atoms with E-state index in [0.29, 0.717) is 5.92 Å². The van der Waals surface area contributed by atoms with Gasteiger partial charge in [-0.3, -0.25) is 0 Å². The number of hydrogen-bond donors (Lipinski definition) is 2. The summed E-state index contributed by atoms with van der Waals surface area (Å²) in [7, 11) is 0. The minimum Gasteiger partial charge on any atom is -0.385 e. The van der Waals surface area contributed by atoms with Crippen LogP contribution in [-0.2, 0) is 5.60 Å². The van der Waals surface area contributed by atoms with Crippen molar-refractivity contribution in [3.8, 4) is 0 Å². The van der Waals surface area contributed by atoms with E-state index in [1.165, 1.54) is 6.42 Å². The van der Waals surface area contributed by atoms with Gasteiger partial charge in [-0.2, -0.15) is 0 Å². The smallest absolute Gasteiger partial charge is 0.0936 e. The zero-order valence-electron chi connectivity index (χ0n) is 11.4. The highest BCUT2D eigenvalue weighted by Crippen LogP contribution is 2.38. The van der Waals surface area contributed by atoms with E-state index in [1.54, 1.807) is 0 Å². The molecule has 1 heterocycles. The van der Waals surface area contributed by atoms with Gasteiger partial charge in [-0.15, -0.1) is 0 Å². The highest BCUT2D eigenvalue weighted by atomic mass is 16.3. The topological polar surface area (TPSA) is 32.3 Å². The summed E-state index contributed by atoms with van der Waals surface area (Å²) in [6.07, 6.45) is 5.39. The second-order valence-electron chi connectivity index (χ2n) is 5.44. The maximum absolute atomic E-state index is 11.2. The van der Waals surface area contributed by atoms with Gasteiger partial charge in [-0.05, 0) is 31.4 Å². The fraction of sp³-hybridized carbons (Fsp3) is 0.625. The van der Waals surface area contributed by atoms with Gasteiger partial charge in [0.25, 0.3) is 0 Å². The summed E-state index contributed by atoms with van der Waals surface area (Å²) in [4.78, 5) is 0. The molecule has 2 heteroatoms. The Bertz CT molecular complexity index is 345. The summed E-state index contributed by atoms with van der Waals surface area (Å²) in [5.74, 6) is 0.347. The number of unbranched alkanes of at least 4 members (excludes halogenated alkanes) is 1. The maximum Gasteiger partial charge on any atom is 0.0936 e. The molecule has 0 aliphatic carbocycles. The Balaban J connectivity index is 2.21. The molecule has 2 nitrogen and oxygen atoms in total. The molecule has 1 aliphatic heterocycles. The zero-order chi connectivity index (χ0) is 12.8. The van der Waals surface area contributed by atoms with E-state index >= 15 is 0 Å². The zero-order valence-corrected chi connectivity index (χ0v) is 11.4. The van der Waals surface area contributed by atoms with Crippen LogP contribution < -0.4 is 5.32 Å². The Hall–Kier alpha value is -0.860. The van der Waals surface area contributed by atoms with Crippen molar-refractivity contribution in [2.24, 2.45) is 5.92 Å². The van der Waals surface area contributed by atoms with Crippen molar-refractivity contribution >= 4 is 0 Å². The minimum atomic E-state index is -0.648. The number of piperidine rings is 1. The van der Waals surface area contributed by atoms with E-state index in [9.17, 15) is 5.11 Å². The Labute approximate surface area is 110 Å². The third kappa shape index (κ3) is 2.93. The lowest BCUT2D eigenvalue weighted by atomic mass is 9.74. The molecule has 0 amide bonds. The molecular formula is C16H25NO. The highest BCUT2D eigenvalue weighted by Gasteiger charge is 2.38. The number of benzene rings is 1. The lowest BCUT2D eigenvalue weighted by Gasteiger charge is -2.39. The van der Waals surface area contributed by atoms with Crippen LogP contribution in [-0.4, -0.2) is 18.2 Å². The van der Waals surface area contributed by atoms with E-state index < -0.39 is 5.60 Å². The standard InChI is InChI=1S/C16H25NO/c1-2-3-11-16(18,14-8-5-4-6-9-14)15-10-7-12-17-13-15/h4-6,8-9,15,17-18H,2-3,7,10-13H2,1H3. The van der Waals surface area contributed by atoms with Gasteiger partial charge < -0.3 is 10.4 Å². The Morgan fingerprint density at radius 3 is 2.72 bits per heavy atom. The minimum absolute atomic E-state index is 0.347. The molecule has 0 radical (unpaired) electrons. The van der Waals surface area contributed by atoms with Crippen LogP contribution in [0.3, 0.4) is 0 Å². The fourth-order valence-electron chi connectivity index (χ4n) is 3.02. The average molecular weight is 247 g/mol. The number of nitrogens with one attached hydrogen (secondary N) is 1. The molecule has 2 atom stereocenters. The third-order valence-electron chi connectivity index (χ3n) is 4.16. The Morgan fingerprint density at radius 1 is 1.33 bits per heavy atom. The van der Waals surface area contributed by atoms with Gasteiger partial charge in [-0.25, -0.2) is 0 Å². The number of hydrogen-bond acceptors (Lipinski definition) is 2. The van der Waals surface area contributed by atoms with Crippen LogP contribution in [0.5, 0.6) is 0 Å². The molecule has 1 aliphatic rings. The fourth-order valence-corrected chi connectivity index (χ4v) is 3.02. The van der Waals surface area contributed by atoms with Gasteiger partial charge >= 0.3 is 0 Å². The normalized spacial score (nSPS) is 23.6. The van der Waals surface area contributed by atoms with Crippen molar-refractivity contribution in [2.45, 2.75) is 44.6 Å². The molecule has 0 saturated carbocycles. The van der Waals surface area contributed by atoms with E-state index in [0.717, 1.165) is 44.3 Å². The van der Waals surface area contributed by atoms with Gasteiger partial charge in [-0.1, -0.05) is 50.1 Å². The van der Waals surface area contributed by atoms with E-state index in [2.05, 4.69) is 24.4 Å². The van der Waals surface area contributed by atoms with Gasteiger partial charge in [0.1, 0.15) is 0 Å². The van der Waals surface area contributed by atoms with Crippen LogP contribution in [0.4, 0.5) is 0 Å². The SMILES string of the molecule is CCCCC(O)(c1ccccc1)C1CCCNC1. The predicted octanol–water partition coefficient (Wildman–Crippen LogP) is 3.06. The van der Waals surface area contributed by atoms with Crippen LogP contribution in [0.15, 0.2) is 30.3 Å². The van der Waals surface area contributed by atoms with Crippen molar-refractivity contribution in [3.05, 3.63) is 35.9 Å². The summed E-state index contributed by atoms with van der Waals surface area (Å²) in [5, 5.41) is 14.6. The maximum atomic E-state index is 11.2. The molecular weight excluding hydrogens is 222 g/mol. The first kappa shape index (κ1) is 13.6. The average Bonchev–Trinajstić information content (AvgIpc) is 2.46. The molecule has 1 aromatic rings. The van der Waals surface area contributed by atoms with Crippen molar-refractivity contribution in [1.82, 2.24) is 5.32 Å². The molecule has 2 unspecified atom stereocenters. The molecule has 100 valence electrons. The molecule has 0 aromatic heterocycles. The second kappa shape index (κ2) is 6.35. The van der Waals surface area contributed by atoms with E-state index in [-0.39, 0.29) is 0 Å². The quantitative estimate of drug-likeness (QED) is 0.838. The van der Waals surface area contributed by atoms with Gasteiger partial charge in [0, 0.05) is 12.5 Å². The van der Waals surface area contributed by atoms with Crippen molar-refractivity contribution in [2.75, 3.05) is 13.1 Å². The van der Waals surface area contributed by atoms with E-state index in [4.69, 9.17) is 0 Å². The van der Waals surface area contributed by atoms with Crippen LogP contribution in [0.25, 0.3) is 0 Å². The summed E-state index contributed by atoms with van der Waals surface area (Å²) in [5.41, 5.74) is 0.442. The van der Waals surface area contributed by atoms with Crippen LogP contribution >= 0.6 is 0 Å². The molecule has 2 rings (SSSR count). The van der Waals surface area contributed by atoms with Gasteiger partial charge in [0.15, 0.2) is 0 Å². The Morgan fingerprint density at radius 2 is 2.11 bits per heavy atom. The van der Waals surface area contributed by atoms with Crippen LogP contribution in [0.1, 0.15) is 44.6 Å². The van der Waals surface area contributed by atoms with Gasteiger partial charge in [0.2, 0.25) is 0 Å². The van der Waals surface area contributed by atoms with Gasteiger partial charge in [0.05, 0.1) is 5.60 Å². The number of rotatable bonds is 5. The van der Waals surface area contributed by atoms with Crippen molar-refractivity contribution in [3.63, 3.8) is 0 Å². The first-order chi connectivity index (χ1) is 8.77. The molecule has 1 fully saturated rings. The van der Waals surface area contributed by atoms with Crippen LogP contribution in [0, 0.1) is 5.92 Å². The predicted molar refractivity (Wildman–Crippen MR) is 75.5 cm³/mol. The molecule has 2 N–H and O–H groups in total. The first-order valence-electron chi connectivity index (χ1n) is 7.26. The molecule has 1 aromatic carbocycles. The summed E-state index contributed by atoms with van der Waals surface area (Å²) < 4.78 is 0. The summed E-state index contributed by atoms with van der Waals surface area (Å²) >= 11 is 0. The second-order valence-corrected chi connectivity index (χ2v) is 5.44. The Kier molecular flexibility index (Phi) is 4.79. The lowest BCUT2D eigenvalue weighted by molar-refractivity contribution is -0.0423. The molecule has 18 heavy (non-hydrogen) atoms. The summed E-state index contributed by atoms with van der Waals surface area (Å²) in [6, 6.07) is 10.2. The largest absolute Gasteiger partial charge is 0.385 e. The number of aliphatic hydroxyl groups is 1. The van der Waals surface area contributed by atoms with E-state index in [1.807, 2.05) is 18.2 Å². The first-order valence-corrected chi connectivity index (χ1v) is 7.26. The third-order valence-corrected chi connectivity index (χ3v) is 4.16. The molecule has 1 saturated heterocycles. The van der Waals surface area contributed by atoms with Crippen molar-refractivity contribution in [1.29, 1.82) is 0 Å². The monoisotopic (exact) mass is 247 g/mol.